The van der Waals surface area contributed by atoms with E-state index in [1.165, 1.54) is 0 Å². The summed E-state index contributed by atoms with van der Waals surface area (Å²) in [5.74, 6) is 1.65. The molecule has 3 rings (SSSR count). The lowest BCUT2D eigenvalue weighted by molar-refractivity contribution is 0.721. The first-order valence-corrected chi connectivity index (χ1v) is 6.90. The molecule has 0 fully saturated rings. The molecule has 2 aromatic heterocycles. The minimum Gasteiger partial charge on any atom is -0.342 e. The average Bonchev–Trinajstić information content (AvgIpc) is 2.79. The quantitative estimate of drug-likeness (QED) is 0.727. The highest BCUT2D eigenvalue weighted by Gasteiger charge is 2.17. The summed E-state index contributed by atoms with van der Waals surface area (Å²) >= 11 is 6.07. The predicted molar refractivity (Wildman–Crippen MR) is 81.6 cm³/mol. The molecule has 0 atom stereocenters. The SMILES string of the molecule is Cc1nnc2c3ccc(Cl)cc3nc(N(C)C(C)C)n12. The van der Waals surface area contributed by atoms with E-state index in [0.717, 1.165) is 28.3 Å². The lowest BCUT2D eigenvalue weighted by Crippen LogP contribution is -2.29. The van der Waals surface area contributed by atoms with Crippen LogP contribution < -0.4 is 4.90 Å². The van der Waals surface area contributed by atoms with Gasteiger partial charge in [-0.2, -0.15) is 0 Å². The molecule has 104 valence electrons. The van der Waals surface area contributed by atoms with Crippen LogP contribution in [0.25, 0.3) is 16.6 Å². The van der Waals surface area contributed by atoms with E-state index in [-0.39, 0.29) is 0 Å². The number of halogens is 1. The predicted octanol–water partition coefficient (Wildman–Crippen LogP) is 3.08. The first kappa shape index (κ1) is 13.1. The fraction of sp³-hybridized carbons (Fsp3) is 0.357. The van der Waals surface area contributed by atoms with Gasteiger partial charge in [-0.25, -0.2) is 9.38 Å². The Hall–Kier alpha value is -1.88. The first-order valence-electron chi connectivity index (χ1n) is 6.53. The number of nitrogens with zero attached hydrogens (tertiary/aromatic N) is 5. The zero-order valence-corrected chi connectivity index (χ0v) is 12.7. The zero-order chi connectivity index (χ0) is 14.4. The number of fused-ring (bicyclic) bond motifs is 3. The highest BCUT2D eigenvalue weighted by Crippen LogP contribution is 2.26. The Morgan fingerprint density at radius 1 is 1.25 bits per heavy atom. The Labute approximate surface area is 122 Å². The molecule has 2 heterocycles. The summed E-state index contributed by atoms with van der Waals surface area (Å²) in [5.41, 5.74) is 1.64. The Morgan fingerprint density at radius 2 is 2.00 bits per heavy atom. The summed E-state index contributed by atoms with van der Waals surface area (Å²) in [6.07, 6.45) is 0. The number of benzene rings is 1. The van der Waals surface area contributed by atoms with E-state index in [0.29, 0.717) is 11.1 Å². The van der Waals surface area contributed by atoms with E-state index >= 15 is 0 Å². The van der Waals surface area contributed by atoms with Crippen molar-refractivity contribution in [2.24, 2.45) is 0 Å². The van der Waals surface area contributed by atoms with Gasteiger partial charge in [0.05, 0.1) is 5.52 Å². The molecular formula is C14H16ClN5. The molecule has 3 aromatic rings. The van der Waals surface area contributed by atoms with Crippen molar-refractivity contribution in [2.45, 2.75) is 26.8 Å². The number of anilines is 1. The maximum absolute atomic E-state index is 6.07. The molecule has 0 unspecified atom stereocenters. The van der Waals surface area contributed by atoms with Crippen LogP contribution in [-0.2, 0) is 0 Å². The molecule has 20 heavy (non-hydrogen) atoms. The summed E-state index contributed by atoms with van der Waals surface area (Å²) in [6, 6.07) is 5.97. The Morgan fingerprint density at radius 3 is 2.70 bits per heavy atom. The molecular weight excluding hydrogens is 274 g/mol. The third-order valence-corrected chi connectivity index (χ3v) is 3.77. The number of rotatable bonds is 2. The van der Waals surface area contributed by atoms with E-state index in [9.17, 15) is 0 Å². The van der Waals surface area contributed by atoms with E-state index in [1.807, 2.05) is 36.6 Å². The van der Waals surface area contributed by atoms with Gasteiger partial charge in [-0.15, -0.1) is 10.2 Å². The smallest absolute Gasteiger partial charge is 0.213 e. The van der Waals surface area contributed by atoms with Crippen molar-refractivity contribution < 1.29 is 0 Å². The van der Waals surface area contributed by atoms with Gasteiger partial charge in [0, 0.05) is 23.5 Å². The third-order valence-electron chi connectivity index (χ3n) is 3.54. The average molecular weight is 290 g/mol. The van der Waals surface area contributed by atoms with Crippen LogP contribution in [0, 0.1) is 6.92 Å². The maximum Gasteiger partial charge on any atom is 0.213 e. The first-order chi connectivity index (χ1) is 9.49. The lowest BCUT2D eigenvalue weighted by Gasteiger charge is -2.24. The molecule has 0 amide bonds. The molecule has 0 saturated heterocycles. The number of hydrogen-bond donors (Lipinski definition) is 0. The number of aromatic nitrogens is 4. The van der Waals surface area contributed by atoms with Gasteiger partial charge in [0.15, 0.2) is 5.65 Å². The minimum atomic E-state index is 0.323. The molecule has 0 aliphatic heterocycles. The molecule has 0 bridgehead atoms. The highest BCUT2D eigenvalue weighted by molar-refractivity contribution is 6.31. The lowest BCUT2D eigenvalue weighted by atomic mass is 10.2. The monoisotopic (exact) mass is 289 g/mol. The van der Waals surface area contributed by atoms with Gasteiger partial charge in [-0.3, -0.25) is 0 Å². The van der Waals surface area contributed by atoms with Crippen LogP contribution in [0.3, 0.4) is 0 Å². The summed E-state index contributed by atoms with van der Waals surface area (Å²) in [7, 11) is 2.02. The van der Waals surface area contributed by atoms with Gasteiger partial charge in [0.1, 0.15) is 5.82 Å². The van der Waals surface area contributed by atoms with Crippen LogP contribution in [0.2, 0.25) is 5.02 Å². The van der Waals surface area contributed by atoms with Crippen LogP contribution in [0.1, 0.15) is 19.7 Å². The largest absolute Gasteiger partial charge is 0.342 e. The third kappa shape index (κ3) is 1.89. The molecule has 0 radical (unpaired) electrons. The van der Waals surface area contributed by atoms with Crippen LogP contribution in [0.15, 0.2) is 18.2 Å². The van der Waals surface area contributed by atoms with Gasteiger partial charge in [0.25, 0.3) is 0 Å². The van der Waals surface area contributed by atoms with Crippen LogP contribution in [0.4, 0.5) is 5.95 Å². The molecule has 0 N–H and O–H groups in total. The standard InChI is InChI=1S/C14H16ClN5/c1-8(2)19(4)14-16-12-7-10(15)5-6-11(12)13-18-17-9(3)20(13)14/h5-8H,1-4H3. The second-order valence-corrected chi connectivity index (χ2v) is 5.62. The molecule has 0 saturated carbocycles. The maximum atomic E-state index is 6.07. The van der Waals surface area contributed by atoms with Gasteiger partial charge in [-0.1, -0.05) is 11.6 Å². The van der Waals surface area contributed by atoms with Crippen molar-refractivity contribution in [3.63, 3.8) is 0 Å². The van der Waals surface area contributed by atoms with Crippen molar-refractivity contribution in [1.29, 1.82) is 0 Å². The van der Waals surface area contributed by atoms with Gasteiger partial charge >= 0.3 is 0 Å². The Balaban J connectivity index is 2.44. The van der Waals surface area contributed by atoms with E-state index in [2.05, 4.69) is 28.9 Å². The highest BCUT2D eigenvalue weighted by atomic mass is 35.5. The van der Waals surface area contributed by atoms with Gasteiger partial charge in [0.2, 0.25) is 5.95 Å². The molecule has 5 nitrogen and oxygen atoms in total. The molecule has 0 aliphatic carbocycles. The summed E-state index contributed by atoms with van der Waals surface area (Å²) < 4.78 is 1.98. The second kappa shape index (κ2) is 4.59. The normalized spacial score (nSPS) is 11.7. The molecule has 0 spiro atoms. The second-order valence-electron chi connectivity index (χ2n) is 5.18. The van der Waals surface area contributed by atoms with Crippen LogP contribution in [-0.4, -0.2) is 32.7 Å². The molecule has 1 aromatic carbocycles. The zero-order valence-electron chi connectivity index (χ0n) is 11.9. The number of hydrogen-bond acceptors (Lipinski definition) is 4. The topological polar surface area (TPSA) is 46.3 Å². The van der Waals surface area contributed by atoms with Crippen molar-refractivity contribution in [3.05, 3.63) is 29.0 Å². The van der Waals surface area contributed by atoms with E-state index < -0.39 is 0 Å². The minimum absolute atomic E-state index is 0.323. The summed E-state index contributed by atoms with van der Waals surface area (Å²) in [4.78, 5) is 6.84. The van der Waals surface area contributed by atoms with Gasteiger partial charge in [-0.05, 0) is 39.0 Å². The fourth-order valence-electron chi connectivity index (χ4n) is 2.19. The van der Waals surface area contributed by atoms with Crippen molar-refractivity contribution in [3.8, 4) is 0 Å². The Kier molecular flexibility index (Phi) is 3.01. The van der Waals surface area contributed by atoms with Crippen molar-refractivity contribution >= 4 is 34.1 Å². The van der Waals surface area contributed by atoms with Crippen LogP contribution >= 0.6 is 11.6 Å². The van der Waals surface area contributed by atoms with E-state index in [1.54, 1.807) is 0 Å². The van der Waals surface area contributed by atoms with Gasteiger partial charge < -0.3 is 4.90 Å². The number of aryl methyl sites for hydroxylation is 1. The van der Waals surface area contributed by atoms with Crippen LogP contribution in [0.5, 0.6) is 0 Å². The van der Waals surface area contributed by atoms with E-state index in [4.69, 9.17) is 16.6 Å². The summed E-state index contributed by atoms with van der Waals surface area (Å²) in [5, 5.41) is 10.1. The summed E-state index contributed by atoms with van der Waals surface area (Å²) in [6.45, 7) is 6.17. The Bertz CT molecular complexity index is 793. The molecule has 6 heteroatoms. The molecule has 0 aliphatic rings. The van der Waals surface area contributed by atoms with Crippen molar-refractivity contribution in [2.75, 3.05) is 11.9 Å². The van der Waals surface area contributed by atoms with Crippen molar-refractivity contribution in [1.82, 2.24) is 19.6 Å². The fourth-order valence-corrected chi connectivity index (χ4v) is 2.35.